The van der Waals surface area contributed by atoms with Gasteiger partial charge >= 0.3 is 6.18 Å². The third-order valence-corrected chi connectivity index (χ3v) is 4.48. The van der Waals surface area contributed by atoms with Crippen molar-refractivity contribution >= 4 is 35.0 Å². The average molecular weight is 434 g/mol. The van der Waals surface area contributed by atoms with Crippen molar-refractivity contribution in [3.05, 3.63) is 40.3 Å². The Balaban J connectivity index is 1.85. The summed E-state index contributed by atoms with van der Waals surface area (Å²) in [6.07, 6.45) is -4.04. The molecule has 1 aliphatic heterocycles. The Morgan fingerprint density at radius 2 is 1.97 bits per heavy atom. The molecule has 0 aliphatic carbocycles. The Hall–Kier alpha value is -2.66. The van der Waals surface area contributed by atoms with Crippen molar-refractivity contribution in [2.45, 2.75) is 6.18 Å². The molecule has 2 heterocycles. The summed E-state index contributed by atoms with van der Waals surface area (Å²) in [7, 11) is 1.28. The number of hydrogen-bond donors (Lipinski definition) is 2. The van der Waals surface area contributed by atoms with Crippen LogP contribution in [-0.2, 0) is 10.9 Å². The van der Waals surface area contributed by atoms with Gasteiger partial charge in [0, 0.05) is 26.3 Å². The van der Waals surface area contributed by atoms with Crippen molar-refractivity contribution in [2.24, 2.45) is 0 Å². The first-order chi connectivity index (χ1) is 13.7. The number of nitrogens with one attached hydrogen (secondary N) is 2. The van der Waals surface area contributed by atoms with E-state index in [-0.39, 0.29) is 22.2 Å². The van der Waals surface area contributed by atoms with Gasteiger partial charge < -0.3 is 20.3 Å². The molecule has 0 atom stereocenters. The van der Waals surface area contributed by atoms with Gasteiger partial charge in [0.25, 0.3) is 5.91 Å². The van der Waals surface area contributed by atoms with Gasteiger partial charge in [0.15, 0.2) is 0 Å². The van der Waals surface area contributed by atoms with Gasteiger partial charge in [-0.1, -0.05) is 11.6 Å². The molecule has 1 aromatic carbocycles. The van der Waals surface area contributed by atoms with Gasteiger partial charge in [0.1, 0.15) is 17.2 Å². The molecule has 1 aliphatic rings. The highest BCUT2D eigenvalue weighted by Crippen LogP contribution is 2.34. The highest BCUT2D eigenvalue weighted by molar-refractivity contribution is 6.33. The highest BCUT2D eigenvalue weighted by Gasteiger charge is 2.35. The summed E-state index contributed by atoms with van der Waals surface area (Å²) < 4.78 is 58.5. The van der Waals surface area contributed by atoms with Gasteiger partial charge in [-0.05, 0) is 12.1 Å². The van der Waals surface area contributed by atoms with E-state index in [1.165, 1.54) is 11.9 Å². The molecule has 3 rings (SSSR count). The van der Waals surface area contributed by atoms with Gasteiger partial charge in [-0.25, -0.2) is 9.37 Å². The topological polar surface area (TPSA) is 79.4 Å². The van der Waals surface area contributed by atoms with Crippen molar-refractivity contribution < 1.29 is 27.1 Å². The van der Waals surface area contributed by atoms with Crippen molar-refractivity contribution in [1.29, 1.82) is 0 Å². The Bertz CT molecular complexity index is 919. The van der Waals surface area contributed by atoms with Crippen LogP contribution in [0.15, 0.2) is 18.3 Å². The first kappa shape index (κ1) is 21.1. The number of anilines is 3. The average Bonchev–Trinajstić information content (AvgIpc) is 2.69. The fourth-order valence-corrected chi connectivity index (χ4v) is 2.91. The lowest BCUT2D eigenvalue weighted by Gasteiger charge is -2.27. The van der Waals surface area contributed by atoms with Gasteiger partial charge in [-0.2, -0.15) is 18.2 Å². The summed E-state index contributed by atoms with van der Waals surface area (Å²) in [5, 5.41) is 4.89. The Morgan fingerprint density at radius 1 is 1.28 bits per heavy atom. The first-order valence-electron chi connectivity index (χ1n) is 8.45. The van der Waals surface area contributed by atoms with Crippen LogP contribution < -0.4 is 10.6 Å². The third kappa shape index (κ3) is 4.67. The standard InChI is InChI=1S/C17H16ClF4N5O2/c1-23-14-10(17(20,21)22)8-24-16(26-14)25-13-7-12(19)9(6-11(13)18)15(28)27-2-4-29-5-3-27/h6-8H,2-5H2,1H3,(H2,23,24,25,26). The summed E-state index contributed by atoms with van der Waals surface area (Å²) in [6, 6.07) is 2.12. The number of amides is 1. The predicted molar refractivity (Wildman–Crippen MR) is 98.0 cm³/mol. The molecule has 2 aromatic rings. The number of benzene rings is 1. The normalized spacial score (nSPS) is 14.6. The SMILES string of the molecule is CNc1nc(Nc2cc(F)c(C(=O)N3CCOCC3)cc2Cl)ncc1C(F)(F)F. The quantitative estimate of drug-likeness (QED) is 0.718. The van der Waals surface area contributed by atoms with E-state index in [9.17, 15) is 22.4 Å². The summed E-state index contributed by atoms with van der Waals surface area (Å²) in [5.41, 5.74) is -1.26. The number of nitrogens with zero attached hydrogens (tertiary/aromatic N) is 3. The number of carbonyl (C=O) groups excluding carboxylic acids is 1. The number of morpholine rings is 1. The maximum absolute atomic E-state index is 14.5. The maximum Gasteiger partial charge on any atom is 0.421 e. The molecule has 1 aromatic heterocycles. The fraction of sp³-hybridized carbons (Fsp3) is 0.353. The summed E-state index contributed by atoms with van der Waals surface area (Å²) in [4.78, 5) is 21.2. The van der Waals surface area contributed by atoms with Gasteiger partial charge in [0.2, 0.25) is 5.95 Å². The minimum Gasteiger partial charge on any atom is -0.378 e. The number of hydrogen-bond acceptors (Lipinski definition) is 6. The zero-order valence-corrected chi connectivity index (χ0v) is 15.9. The molecule has 0 unspecified atom stereocenters. The van der Waals surface area contributed by atoms with Crippen LogP contribution >= 0.6 is 11.6 Å². The van der Waals surface area contributed by atoms with Crippen molar-refractivity contribution in [1.82, 2.24) is 14.9 Å². The van der Waals surface area contributed by atoms with Crippen LogP contribution in [0.25, 0.3) is 0 Å². The molecular formula is C17H16ClF4N5O2. The first-order valence-corrected chi connectivity index (χ1v) is 8.83. The minimum absolute atomic E-state index is 0.00417. The van der Waals surface area contributed by atoms with E-state index in [4.69, 9.17) is 16.3 Å². The molecule has 0 bridgehead atoms. The molecule has 0 spiro atoms. The number of carbonyl (C=O) groups is 1. The molecule has 1 fully saturated rings. The molecule has 1 amide bonds. The van der Waals surface area contributed by atoms with Gasteiger partial charge in [0.05, 0.1) is 29.5 Å². The number of rotatable bonds is 4. The lowest BCUT2D eigenvalue weighted by Crippen LogP contribution is -2.41. The van der Waals surface area contributed by atoms with Crippen LogP contribution in [0.3, 0.4) is 0 Å². The molecule has 29 heavy (non-hydrogen) atoms. The van der Waals surface area contributed by atoms with Gasteiger partial charge in [-0.3, -0.25) is 4.79 Å². The van der Waals surface area contributed by atoms with Gasteiger partial charge in [-0.15, -0.1) is 0 Å². The molecule has 0 radical (unpaired) electrons. The van der Waals surface area contributed by atoms with E-state index in [0.29, 0.717) is 32.5 Å². The minimum atomic E-state index is -4.64. The van der Waals surface area contributed by atoms with Crippen LogP contribution in [0.1, 0.15) is 15.9 Å². The van der Waals surface area contributed by atoms with Crippen molar-refractivity contribution in [3.8, 4) is 0 Å². The largest absolute Gasteiger partial charge is 0.421 e. The van der Waals surface area contributed by atoms with Crippen LogP contribution in [0, 0.1) is 5.82 Å². The van der Waals surface area contributed by atoms with E-state index in [2.05, 4.69) is 20.6 Å². The predicted octanol–water partition coefficient (Wildman–Crippen LogP) is 3.55. The number of aromatic nitrogens is 2. The van der Waals surface area contributed by atoms with Crippen molar-refractivity contribution in [2.75, 3.05) is 44.0 Å². The number of halogens is 5. The molecule has 7 nitrogen and oxygen atoms in total. The Labute approximate surface area is 168 Å². The molecule has 2 N–H and O–H groups in total. The summed E-state index contributed by atoms with van der Waals surface area (Å²) >= 11 is 6.14. The van der Waals surface area contributed by atoms with E-state index in [1.807, 2.05) is 0 Å². The summed E-state index contributed by atoms with van der Waals surface area (Å²) in [6.45, 7) is 1.39. The second-order valence-corrected chi connectivity index (χ2v) is 6.45. The number of ether oxygens (including phenoxy) is 1. The van der Waals surface area contributed by atoms with Crippen molar-refractivity contribution in [3.63, 3.8) is 0 Å². The molecule has 12 heteroatoms. The molecule has 156 valence electrons. The van der Waals surface area contributed by atoms with Crippen LogP contribution in [0.5, 0.6) is 0 Å². The van der Waals surface area contributed by atoms with Crippen LogP contribution in [-0.4, -0.2) is 54.1 Å². The Morgan fingerprint density at radius 3 is 2.59 bits per heavy atom. The lowest BCUT2D eigenvalue weighted by molar-refractivity contribution is -0.137. The second kappa shape index (κ2) is 8.37. The zero-order valence-electron chi connectivity index (χ0n) is 15.1. The monoisotopic (exact) mass is 433 g/mol. The number of alkyl halides is 3. The summed E-state index contributed by atoms with van der Waals surface area (Å²) in [5.74, 6) is -2.04. The van der Waals surface area contributed by atoms with E-state index < -0.39 is 29.3 Å². The lowest BCUT2D eigenvalue weighted by atomic mass is 10.1. The van der Waals surface area contributed by atoms with Crippen LogP contribution in [0.4, 0.5) is 35.0 Å². The van der Waals surface area contributed by atoms with E-state index >= 15 is 0 Å². The Kier molecular flexibility index (Phi) is 6.08. The molecule has 0 saturated carbocycles. The van der Waals surface area contributed by atoms with E-state index in [1.54, 1.807) is 0 Å². The van der Waals surface area contributed by atoms with Crippen LogP contribution in [0.2, 0.25) is 5.02 Å². The smallest absolute Gasteiger partial charge is 0.378 e. The fourth-order valence-electron chi connectivity index (χ4n) is 2.70. The molecule has 1 saturated heterocycles. The maximum atomic E-state index is 14.5. The third-order valence-electron chi connectivity index (χ3n) is 4.16. The highest BCUT2D eigenvalue weighted by atomic mass is 35.5. The molecular weight excluding hydrogens is 418 g/mol. The zero-order chi connectivity index (χ0) is 21.2. The van der Waals surface area contributed by atoms with E-state index in [0.717, 1.165) is 12.1 Å². The second-order valence-electron chi connectivity index (χ2n) is 6.05.